The number of hydrogen-bond donors (Lipinski definition) is 3. The van der Waals surface area contributed by atoms with Crippen LogP contribution in [0.4, 0.5) is 17.5 Å². The number of fused-ring (bicyclic) bond motifs is 2. The molecule has 138 valence electrons. The summed E-state index contributed by atoms with van der Waals surface area (Å²) in [6, 6.07) is 5.31. The number of tetrazole rings is 1. The lowest BCUT2D eigenvalue weighted by atomic mass is 10.1. The van der Waals surface area contributed by atoms with Gasteiger partial charge in [0.1, 0.15) is 0 Å². The van der Waals surface area contributed by atoms with E-state index in [1.165, 1.54) is 6.92 Å². The number of aromatic nitrogens is 6. The molecule has 0 spiro atoms. The fourth-order valence-corrected chi connectivity index (χ4v) is 2.96. The minimum atomic E-state index is -0.246. The van der Waals surface area contributed by atoms with E-state index >= 15 is 0 Å². The quantitative estimate of drug-likeness (QED) is 0.625. The van der Waals surface area contributed by atoms with Crippen molar-refractivity contribution in [3.05, 3.63) is 29.5 Å². The van der Waals surface area contributed by atoms with Crippen molar-refractivity contribution in [2.75, 3.05) is 22.6 Å². The molecule has 0 saturated heterocycles. The van der Waals surface area contributed by atoms with Gasteiger partial charge in [0.15, 0.2) is 5.82 Å². The number of nitrogens with one attached hydrogen (secondary N) is 3. The summed E-state index contributed by atoms with van der Waals surface area (Å²) in [4.78, 5) is 25.9. The Morgan fingerprint density at radius 1 is 1.26 bits per heavy atom. The molecule has 2 aromatic heterocycles. The molecule has 0 unspecified atom stereocenters. The molecule has 3 heterocycles. The van der Waals surface area contributed by atoms with Gasteiger partial charge in [-0.05, 0) is 35.5 Å². The lowest BCUT2D eigenvalue weighted by Gasteiger charge is -2.26. The molecule has 27 heavy (non-hydrogen) atoms. The van der Waals surface area contributed by atoms with E-state index in [2.05, 4.69) is 36.4 Å². The van der Waals surface area contributed by atoms with Gasteiger partial charge in [0.2, 0.25) is 11.9 Å². The number of anilines is 3. The Hall–Kier alpha value is -3.76. The second kappa shape index (κ2) is 6.20. The summed E-state index contributed by atoms with van der Waals surface area (Å²) in [6.45, 7) is 3.55. The van der Waals surface area contributed by atoms with Crippen LogP contribution in [-0.4, -0.2) is 49.3 Å². The summed E-state index contributed by atoms with van der Waals surface area (Å²) in [6.07, 6.45) is 0. The van der Waals surface area contributed by atoms with Crippen LogP contribution in [0, 0.1) is 0 Å². The van der Waals surface area contributed by atoms with Crippen LogP contribution in [0.1, 0.15) is 13.8 Å². The number of hydrogen-bond acceptors (Lipinski definition) is 7. The van der Waals surface area contributed by atoms with Gasteiger partial charge in [-0.3, -0.25) is 14.7 Å². The second-order valence-electron chi connectivity index (χ2n) is 6.23. The monoisotopic (exact) mass is 367 g/mol. The Labute approximate surface area is 153 Å². The maximum atomic E-state index is 12.8. The van der Waals surface area contributed by atoms with Crippen molar-refractivity contribution in [3.63, 3.8) is 0 Å². The number of allylic oxidation sites excluding steroid dienone is 1. The molecular weight excluding hydrogens is 350 g/mol. The molecule has 1 aromatic carbocycles. The fraction of sp³-hybridized carbons (Fsp3) is 0.250. The highest BCUT2D eigenvalue weighted by Gasteiger charge is 2.26. The number of rotatable bonds is 3. The van der Waals surface area contributed by atoms with E-state index in [-0.39, 0.29) is 18.4 Å². The lowest BCUT2D eigenvalue weighted by molar-refractivity contribution is -0.114. The van der Waals surface area contributed by atoms with Gasteiger partial charge in [0, 0.05) is 30.7 Å². The van der Waals surface area contributed by atoms with Crippen molar-refractivity contribution in [2.24, 2.45) is 0 Å². The number of H-pyrrole nitrogens is 1. The van der Waals surface area contributed by atoms with Gasteiger partial charge in [-0.25, -0.2) is 4.68 Å². The third kappa shape index (κ3) is 2.88. The lowest BCUT2D eigenvalue weighted by Crippen LogP contribution is -2.32. The molecule has 0 saturated carbocycles. The molecule has 0 atom stereocenters. The molecule has 11 nitrogen and oxygen atoms in total. The average molecular weight is 367 g/mol. The third-order valence-corrected chi connectivity index (χ3v) is 4.45. The van der Waals surface area contributed by atoms with E-state index in [1.54, 1.807) is 34.8 Å². The van der Waals surface area contributed by atoms with Crippen molar-refractivity contribution in [1.29, 1.82) is 0 Å². The molecule has 0 fully saturated rings. The van der Waals surface area contributed by atoms with Gasteiger partial charge in [-0.15, -0.1) is 0 Å². The van der Waals surface area contributed by atoms with E-state index in [1.807, 2.05) is 6.92 Å². The van der Waals surface area contributed by atoms with Crippen molar-refractivity contribution in [3.8, 4) is 0 Å². The van der Waals surface area contributed by atoms with E-state index in [0.29, 0.717) is 28.4 Å². The summed E-state index contributed by atoms with van der Waals surface area (Å²) in [5.74, 6) is 0.536. The van der Waals surface area contributed by atoms with E-state index < -0.39 is 0 Å². The van der Waals surface area contributed by atoms with Crippen molar-refractivity contribution >= 4 is 40.2 Å². The Bertz CT molecular complexity index is 1090. The summed E-state index contributed by atoms with van der Waals surface area (Å²) in [7, 11) is 1.81. The summed E-state index contributed by atoms with van der Waals surface area (Å²) >= 11 is 0. The first-order valence-corrected chi connectivity index (χ1v) is 8.20. The molecule has 0 radical (unpaired) electrons. The highest BCUT2D eigenvalue weighted by Crippen LogP contribution is 2.27. The van der Waals surface area contributed by atoms with Crippen molar-refractivity contribution in [2.45, 2.75) is 20.4 Å². The van der Waals surface area contributed by atoms with Gasteiger partial charge in [0.05, 0.1) is 17.6 Å². The van der Waals surface area contributed by atoms with Gasteiger partial charge in [-0.1, -0.05) is 5.10 Å². The third-order valence-electron chi connectivity index (χ3n) is 4.45. The highest BCUT2D eigenvalue weighted by atomic mass is 16.2. The number of amides is 2. The minimum absolute atomic E-state index is 0.221. The van der Waals surface area contributed by atoms with E-state index in [9.17, 15) is 9.59 Å². The molecule has 2 amide bonds. The summed E-state index contributed by atoms with van der Waals surface area (Å²) in [5.41, 5.74) is 2.68. The molecule has 0 aliphatic carbocycles. The Morgan fingerprint density at radius 2 is 2.07 bits per heavy atom. The zero-order valence-electron chi connectivity index (χ0n) is 14.9. The van der Waals surface area contributed by atoms with E-state index in [4.69, 9.17) is 0 Å². The van der Waals surface area contributed by atoms with Gasteiger partial charge in [0.25, 0.3) is 5.91 Å². The first kappa shape index (κ1) is 16.7. The molecule has 1 aliphatic rings. The van der Waals surface area contributed by atoms with Crippen molar-refractivity contribution < 1.29 is 9.59 Å². The zero-order valence-corrected chi connectivity index (χ0v) is 14.9. The van der Waals surface area contributed by atoms with Gasteiger partial charge < -0.3 is 15.5 Å². The highest BCUT2D eigenvalue weighted by molar-refractivity contribution is 6.06. The Morgan fingerprint density at radius 3 is 2.85 bits per heavy atom. The number of nitrogens with zero attached hydrogens (tertiary/aromatic N) is 6. The average Bonchev–Trinajstić information content (AvgIpc) is 3.25. The molecular formula is C16H17N9O2. The minimum Gasteiger partial charge on any atom is -0.322 e. The molecule has 11 heteroatoms. The van der Waals surface area contributed by atoms with Crippen LogP contribution in [0.5, 0.6) is 0 Å². The standard InChI is InChI=1S/C16H17N9O2/c1-8-12(7-25-16(24(8)3)21-22-23-25)15(27)18-10-4-5-13-11(6-10)14(20-19-13)17-9(2)26/h4-6H,7H2,1-3H3,(H,18,27)(H2,17,19,20,26). The summed E-state index contributed by atoms with van der Waals surface area (Å²) in [5, 5.41) is 24.7. The predicted octanol–water partition coefficient (Wildman–Crippen LogP) is 0.870. The van der Waals surface area contributed by atoms with Crippen LogP contribution in [0.15, 0.2) is 29.5 Å². The fourth-order valence-electron chi connectivity index (χ4n) is 2.96. The van der Waals surface area contributed by atoms with Crippen LogP contribution in [-0.2, 0) is 16.1 Å². The molecule has 1 aliphatic heterocycles. The SMILES string of the molecule is CC(=O)Nc1n[nH]c2ccc(NC(=O)C3=C(C)N(C)c4nnnn4C3)cc12. The van der Waals surface area contributed by atoms with Crippen LogP contribution in [0.3, 0.4) is 0 Å². The molecule has 3 aromatic rings. The Balaban J connectivity index is 1.61. The molecule has 3 N–H and O–H groups in total. The van der Waals surface area contributed by atoms with Crippen molar-refractivity contribution in [1.82, 2.24) is 30.4 Å². The predicted molar refractivity (Wildman–Crippen MR) is 97.9 cm³/mol. The summed E-state index contributed by atoms with van der Waals surface area (Å²) < 4.78 is 1.57. The number of carbonyl (C=O) groups excluding carboxylic acids is 2. The molecule has 4 rings (SSSR count). The normalized spacial score (nSPS) is 13.7. The van der Waals surface area contributed by atoms with Crippen LogP contribution >= 0.6 is 0 Å². The maximum absolute atomic E-state index is 12.8. The zero-order chi connectivity index (χ0) is 19.1. The smallest absolute Gasteiger partial charge is 0.255 e. The van der Waals surface area contributed by atoms with Crippen LogP contribution in [0.25, 0.3) is 10.9 Å². The maximum Gasteiger partial charge on any atom is 0.255 e. The molecule has 0 bridgehead atoms. The number of benzene rings is 1. The second-order valence-corrected chi connectivity index (χ2v) is 6.23. The number of aromatic amines is 1. The topological polar surface area (TPSA) is 134 Å². The van der Waals surface area contributed by atoms with Crippen LogP contribution < -0.4 is 15.5 Å². The number of carbonyl (C=O) groups is 2. The van der Waals surface area contributed by atoms with Crippen LogP contribution in [0.2, 0.25) is 0 Å². The first-order valence-electron chi connectivity index (χ1n) is 8.20. The Kier molecular flexibility index (Phi) is 3.83. The van der Waals surface area contributed by atoms with E-state index in [0.717, 1.165) is 11.2 Å². The van der Waals surface area contributed by atoms with Gasteiger partial charge in [-0.2, -0.15) is 5.10 Å². The largest absolute Gasteiger partial charge is 0.322 e. The van der Waals surface area contributed by atoms with Gasteiger partial charge >= 0.3 is 0 Å². The first-order chi connectivity index (χ1) is 12.9.